The van der Waals surface area contributed by atoms with Crippen LogP contribution in [0.1, 0.15) is 29.4 Å². The number of rotatable bonds is 5. The normalized spacial score (nSPS) is 10.8. The topological polar surface area (TPSA) is 52.8 Å². The molecule has 0 amide bonds. The summed E-state index contributed by atoms with van der Waals surface area (Å²) in [7, 11) is 3.19. The van der Waals surface area contributed by atoms with Gasteiger partial charge in [-0.1, -0.05) is 6.92 Å². The van der Waals surface area contributed by atoms with Crippen molar-refractivity contribution in [1.82, 2.24) is 9.61 Å². The molecule has 0 atom stereocenters. The molecule has 96 valence electrons. The molecule has 0 radical (unpaired) electrons. The van der Waals surface area contributed by atoms with E-state index in [2.05, 4.69) is 5.10 Å². The van der Waals surface area contributed by atoms with Gasteiger partial charge in [-0.2, -0.15) is 9.61 Å². The Labute approximate surface area is 105 Å². The predicted octanol–water partition coefficient (Wildman–Crippen LogP) is 2.08. The summed E-state index contributed by atoms with van der Waals surface area (Å²) in [5, 5.41) is 4.37. The molecule has 2 heterocycles. The number of ketones is 1. The third-order valence-corrected chi connectivity index (χ3v) is 2.76. The van der Waals surface area contributed by atoms with E-state index in [9.17, 15) is 4.79 Å². The number of Topliss-reactive ketones (excluding diaryl/α,β-unsaturated/α-hetero) is 1. The van der Waals surface area contributed by atoms with Gasteiger partial charge in [-0.05, 0) is 12.1 Å². The number of carbonyl (C=O) groups excluding carboxylic acids is 1. The molecule has 0 spiro atoms. The van der Waals surface area contributed by atoms with Crippen LogP contribution in [0.25, 0.3) is 5.52 Å². The standard InChI is InChI=1S/C13H16N2O3/c1-4-12(16)10-5-6-13(18-3)15-11(10)7-9(14-15)8-17-2/h5-7H,4,8H2,1-3H3. The molecule has 5 heteroatoms. The number of hydrogen-bond acceptors (Lipinski definition) is 4. The number of hydrogen-bond donors (Lipinski definition) is 0. The Hall–Kier alpha value is -1.88. The molecule has 0 fully saturated rings. The Morgan fingerprint density at radius 2 is 2.17 bits per heavy atom. The van der Waals surface area contributed by atoms with Crippen LogP contribution in [-0.2, 0) is 11.3 Å². The van der Waals surface area contributed by atoms with Crippen LogP contribution in [0.4, 0.5) is 0 Å². The molecule has 2 aromatic heterocycles. The highest BCUT2D eigenvalue weighted by atomic mass is 16.5. The maximum atomic E-state index is 11.9. The molecule has 0 saturated carbocycles. The SMILES string of the molecule is CCC(=O)c1ccc(OC)n2nc(COC)cc12. The summed E-state index contributed by atoms with van der Waals surface area (Å²) in [4.78, 5) is 11.9. The van der Waals surface area contributed by atoms with Crippen LogP contribution < -0.4 is 4.74 Å². The highest BCUT2D eigenvalue weighted by molar-refractivity contribution is 6.02. The number of aromatic nitrogens is 2. The number of fused-ring (bicyclic) bond motifs is 1. The minimum atomic E-state index is 0.0894. The Balaban J connectivity index is 2.63. The van der Waals surface area contributed by atoms with E-state index in [0.29, 0.717) is 24.5 Å². The summed E-state index contributed by atoms with van der Waals surface area (Å²) in [5.74, 6) is 0.687. The molecule has 0 N–H and O–H groups in total. The van der Waals surface area contributed by atoms with Gasteiger partial charge < -0.3 is 9.47 Å². The lowest BCUT2D eigenvalue weighted by molar-refractivity contribution is 0.0989. The zero-order valence-electron chi connectivity index (χ0n) is 10.8. The number of nitrogens with zero attached hydrogens (tertiary/aromatic N) is 2. The number of carbonyl (C=O) groups is 1. The van der Waals surface area contributed by atoms with Crippen LogP contribution in [0.15, 0.2) is 18.2 Å². The number of methoxy groups -OCH3 is 2. The minimum Gasteiger partial charge on any atom is -0.481 e. The maximum Gasteiger partial charge on any atom is 0.214 e. The fourth-order valence-corrected chi connectivity index (χ4v) is 1.90. The third kappa shape index (κ3) is 2.09. The molecule has 0 bridgehead atoms. The first-order valence-electron chi connectivity index (χ1n) is 5.79. The van der Waals surface area contributed by atoms with E-state index in [1.54, 1.807) is 30.9 Å². The van der Waals surface area contributed by atoms with Crippen molar-refractivity contribution < 1.29 is 14.3 Å². The van der Waals surface area contributed by atoms with Crippen molar-refractivity contribution in [2.45, 2.75) is 20.0 Å². The molecule has 0 saturated heterocycles. The lowest BCUT2D eigenvalue weighted by Crippen LogP contribution is -2.03. The average Bonchev–Trinajstić information content (AvgIpc) is 2.80. The second-order valence-electron chi connectivity index (χ2n) is 3.93. The van der Waals surface area contributed by atoms with E-state index < -0.39 is 0 Å². The van der Waals surface area contributed by atoms with E-state index in [1.165, 1.54) is 0 Å². The van der Waals surface area contributed by atoms with E-state index in [1.807, 2.05) is 13.0 Å². The second-order valence-corrected chi connectivity index (χ2v) is 3.93. The molecule has 18 heavy (non-hydrogen) atoms. The summed E-state index contributed by atoms with van der Waals surface area (Å²) in [6, 6.07) is 5.38. The summed E-state index contributed by atoms with van der Waals surface area (Å²) in [5.41, 5.74) is 2.19. The molecule has 2 rings (SSSR count). The first kappa shape index (κ1) is 12.6. The monoisotopic (exact) mass is 248 g/mol. The number of ether oxygens (including phenoxy) is 2. The van der Waals surface area contributed by atoms with Gasteiger partial charge in [-0.25, -0.2) is 0 Å². The van der Waals surface area contributed by atoms with Gasteiger partial charge in [0.25, 0.3) is 0 Å². The number of pyridine rings is 1. The Morgan fingerprint density at radius 1 is 1.39 bits per heavy atom. The summed E-state index contributed by atoms with van der Waals surface area (Å²) in [6.07, 6.45) is 0.465. The van der Waals surface area contributed by atoms with Crippen molar-refractivity contribution >= 4 is 11.3 Å². The van der Waals surface area contributed by atoms with Crippen LogP contribution >= 0.6 is 0 Å². The van der Waals surface area contributed by atoms with Crippen LogP contribution in [0.5, 0.6) is 5.88 Å². The molecule has 2 aromatic rings. The van der Waals surface area contributed by atoms with Crippen LogP contribution in [-0.4, -0.2) is 29.6 Å². The van der Waals surface area contributed by atoms with Gasteiger partial charge in [0.2, 0.25) is 5.88 Å². The molecule has 0 unspecified atom stereocenters. The zero-order valence-corrected chi connectivity index (χ0v) is 10.8. The van der Waals surface area contributed by atoms with Crippen molar-refractivity contribution in [2.75, 3.05) is 14.2 Å². The smallest absolute Gasteiger partial charge is 0.214 e. The lowest BCUT2D eigenvalue weighted by Gasteiger charge is -2.06. The van der Waals surface area contributed by atoms with E-state index in [-0.39, 0.29) is 5.78 Å². The molecular formula is C13H16N2O3. The Morgan fingerprint density at radius 3 is 2.78 bits per heavy atom. The molecule has 0 aliphatic carbocycles. The molecule has 0 aromatic carbocycles. The fraction of sp³-hybridized carbons (Fsp3) is 0.385. The maximum absolute atomic E-state index is 11.9. The summed E-state index contributed by atoms with van der Waals surface area (Å²) < 4.78 is 11.9. The van der Waals surface area contributed by atoms with E-state index >= 15 is 0 Å². The highest BCUT2D eigenvalue weighted by Gasteiger charge is 2.14. The Bertz CT molecular complexity index is 575. The van der Waals surface area contributed by atoms with Crippen LogP contribution in [0, 0.1) is 0 Å². The molecule has 0 aliphatic heterocycles. The van der Waals surface area contributed by atoms with E-state index in [0.717, 1.165) is 11.2 Å². The summed E-state index contributed by atoms with van der Waals surface area (Å²) >= 11 is 0. The molecule has 5 nitrogen and oxygen atoms in total. The largest absolute Gasteiger partial charge is 0.481 e. The fourth-order valence-electron chi connectivity index (χ4n) is 1.90. The van der Waals surface area contributed by atoms with E-state index in [4.69, 9.17) is 9.47 Å². The first-order chi connectivity index (χ1) is 8.71. The quantitative estimate of drug-likeness (QED) is 0.760. The van der Waals surface area contributed by atoms with Gasteiger partial charge in [0, 0.05) is 25.2 Å². The van der Waals surface area contributed by atoms with Crippen LogP contribution in [0.3, 0.4) is 0 Å². The zero-order chi connectivity index (χ0) is 13.1. The van der Waals surface area contributed by atoms with Crippen molar-refractivity contribution in [2.24, 2.45) is 0 Å². The minimum absolute atomic E-state index is 0.0894. The second kappa shape index (κ2) is 5.18. The van der Waals surface area contributed by atoms with Crippen molar-refractivity contribution in [3.05, 3.63) is 29.5 Å². The van der Waals surface area contributed by atoms with Gasteiger partial charge in [-0.3, -0.25) is 4.79 Å². The highest BCUT2D eigenvalue weighted by Crippen LogP contribution is 2.21. The Kier molecular flexibility index (Phi) is 3.62. The molecular weight excluding hydrogens is 232 g/mol. The van der Waals surface area contributed by atoms with Crippen molar-refractivity contribution in [1.29, 1.82) is 0 Å². The van der Waals surface area contributed by atoms with Gasteiger partial charge >= 0.3 is 0 Å². The summed E-state index contributed by atoms with van der Waals surface area (Å²) in [6.45, 7) is 2.25. The van der Waals surface area contributed by atoms with Gasteiger partial charge in [-0.15, -0.1) is 0 Å². The average molecular weight is 248 g/mol. The van der Waals surface area contributed by atoms with Gasteiger partial charge in [0.1, 0.15) is 0 Å². The lowest BCUT2D eigenvalue weighted by atomic mass is 10.1. The predicted molar refractivity (Wildman–Crippen MR) is 67.1 cm³/mol. The van der Waals surface area contributed by atoms with Gasteiger partial charge in [0.15, 0.2) is 5.78 Å². The van der Waals surface area contributed by atoms with Crippen LogP contribution in [0.2, 0.25) is 0 Å². The van der Waals surface area contributed by atoms with Crippen molar-refractivity contribution in [3.8, 4) is 5.88 Å². The van der Waals surface area contributed by atoms with Crippen molar-refractivity contribution in [3.63, 3.8) is 0 Å². The first-order valence-corrected chi connectivity index (χ1v) is 5.79. The third-order valence-electron chi connectivity index (χ3n) is 2.76. The van der Waals surface area contributed by atoms with Gasteiger partial charge in [0.05, 0.1) is 24.9 Å². The molecule has 0 aliphatic rings.